The van der Waals surface area contributed by atoms with Crippen molar-refractivity contribution in [2.75, 3.05) is 33.4 Å². The summed E-state index contributed by atoms with van der Waals surface area (Å²) in [5, 5.41) is 9.46. The molecular formula is C20H26FN3O2. The first-order valence-corrected chi connectivity index (χ1v) is 8.98. The maximum atomic E-state index is 14.3. The summed E-state index contributed by atoms with van der Waals surface area (Å²) >= 11 is 0. The molecule has 0 radical (unpaired) electrons. The Morgan fingerprint density at radius 1 is 1.27 bits per heavy atom. The van der Waals surface area contributed by atoms with Crippen molar-refractivity contribution in [1.82, 2.24) is 14.8 Å². The Balaban J connectivity index is 1.65. The number of methoxy groups -OCH3 is 1. The van der Waals surface area contributed by atoms with Crippen LogP contribution in [0.5, 0.6) is 5.75 Å². The number of hydrogen-bond acceptors (Lipinski definition) is 5. The second-order valence-electron chi connectivity index (χ2n) is 6.69. The van der Waals surface area contributed by atoms with Gasteiger partial charge in [-0.15, -0.1) is 0 Å². The number of halogens is 1. The minimum Gasteiger partial charge on any atom is -0.497 e. The van der Waals surface area contributed by atoms with E-state index in [9.17, 15) is 9.50 Å². The van der Waals surface area contributed by atoms with Crippen molar-refractivity contribution in [3.05, 3.63) is 59.7 Å². The van der Waals surface area contributed by atoms with Gasteiger partial charge in [0, 0.05) is 69.4 Å². The SMILES string of the molecule is COc1ccc(CN2CCN(Cc3cccnc3)C[C@H]2CCO)c(F)c1. The van der Waals surface area contributed by atoms with Crippen molar-refractivity contribution in [3.8, 4) is 5.75 Å². The molecule has 26 heavy (non-hydrogen) atoms. The van der Waals surface area contributed by atoms with Crippen LogP contribution in [0.3, 0.4) is 0 Å². The number of benzene rings is 1. The summed E-state index contributed by atoms with van der Waals surface area (Å²) < 4.78 is 19.4. The average molecular weight is 359 g/mol. The lowest BCUT2D eigenvalue weighted by molar-refractivity contribution is 0.0492. The van der Waals surface area contributed by atoms with Crippen LogP contribution in [0.2, 0.25) is 0 Å². The Morgan fingerprint density at radius 2 is 2.15 bits per heavy atom. The van der Waals surface area contributed by atoms with Gasteiger partial charge >= 0.3 is 0 Å². The van der Waals surface area contributed by atoms with Gasteiger partial charge < -0.3 is 9.84 Å². The van der Waals surface area contributed by atoms with Gasteiger partial charge in [-0.2, -0.15) is 0 Å². The van der Waals surface area contributed by atoms with E-state index in [1.165, 1.54) is 18.7 Å². The molecule has 0 saturated carbocycles. The first-order chi connectivity index (χ1) is 12.7. The van der Waals surface area contributed by atoms with Gasteiger partial charge in [-0.1, -0.05) is 12.1 Å². The fourth-order valence-electron chi connectivity index (χ4n) is 3.48. The zero-order valence-corrected chi connectivity index (χ0v) is 15.1. The van der Waals surface area contributed by atoms with Gasteiger partial charge in [-0.05, 0) is 24.1 Å². The van der Waals surface area contributed by atoms with Gasteiger partial charge in [-0.25, -0.2) is 4.39 Å². The van der Waals surface area contributed by atoms with Crippen molar-refractivity contribution in [3.63, 3.8) is 0 Å². The zero-order chi connectivity index (χ0) is 18.4. The monoisotopic (exact) mass is 359 g/mol. The Kier molecular flexibility index (Phi) is 6.55. The molecule has 2 aromatic rings. The third-order valence-corrected chi connectivity index (χ3v) is 4.91. The summed E-state index contributed by atoms with van der Waals surface area (Å²) in [5.41, 5.74) is 1.85. The largest absolute Gasteiger partial charge is 0.497 e. The molecule has 6 heteroatoms. The molecular weight excluding hydrogens is 333 g/mol. The summed E-state index contributed by atoms with van der Waals surface area (Å²) in [6, 6.07) is 9.22. The number of rotatable bonds is 7. The molecule has 5 nitrogen and oxygen atoms in total. The van der Waals surface area contributed by atoms with E-state index in [0.717, 1.165) is 26.2 Å². The van der Waals surface area contributed by atoms with E-state index in [0.29, 0.717) is 24.3 Å². The highest BCUT2D eigenvalue weighted by molar-refractivity contribution is 5.29. The maximum Gasteiger partial charge on any atom is 0.131 e. The molecule has 0 spiro atoms. The van der Waals surface area contributed by atoms with E-state index in [4.69, 9.17) is 4.74 Å². The van der Waals surface area contributed by atoms with Crippen LogP contribution >= 0.6 is 0 Å². The van der Waals surface area contributed by atoms with Gasteiger partial charge in [0.1, 0.15) is 11.6 Å². The topological polar surface area (TPSA) is 48.8 Å². The normalized spacial score (nSPS) is 18.8. The van der Waals surface area contributed by atoms with Crippen LogP contribution in [-0.4, -0.2) is 59.3 Å². The van der Waals surface area contributed by atoms with E-state index < -0.39 is 0 Å². The lowest BCUT2D eigenvalue weighted by Gasteiger charge is -2.41. The maximum absolute atomic E-state index is 14.3. The van der Waals surface area contributed by atoms with E-state index in [1.54, 1.807) is 18.3 Å². The summed E-state index contributed by atoms with van der Waals surface area (Å²) in [6.45, 7) is 4.13. The molecule has 0 unspecified atom stereocenters. The highest BCUT2D eigenvalue weighted by Crippen LogP contribution is 2.22. The zero-order valence-electron chi connectivity index (χ0n) is 15.1. The van der Waals surface area contributed by atoms with Crippen molar-refractivity contribution in [2.24, 2.45) is 0 Å². The standard InChI is InChI=1S/C20H26FN3O2/c1-26-19-5-4-17(20(21)11-19)14-24-9-8-23(15-18(24)6-10-25)13-16-3-2-7-22-12-16/h2-5,7,11-12,18,25H,6,8-10,13-15H2,1H3/t18-/m1/s1. The van der Waals surface area contributed by atoms with E-state index in [2.05, 4.69) is 20.9 Å². The molecule has 1 aliphatic rings. The second-order valence-corrected chi connectivity index (χ2v) is 6.69. The molecule has 3 rings (SSSR count). The summed E-state index contributed by atoms with van der Waals surface area (Å²) in [6.07, 6.45) is 4.35. The second kappa shape index (κ2) is 9.07. The number of nitrogens with zero attached hydrogens (tertiary/aromatic N) is 3. The molecule has 0 aliphatic carbocycles. The molecule has 0 amide bonds. The predicted octanol–water partition coefficient (Wildman–Crippen LogP) is 2.30. The quantitative estimate of drug-likeness (QED) is 0.822. The van der Waals surface area contributed by atoms with E-state index in [-0.39, 0.29) is 18.5 Å². The summed E-state index contributed by atoms with van der Waals surface area (Å²) in [7, 11) is 1.53. The fourth-order valence-corrected chi connectivity index (χ4v) is 3.48. The molecule has 140 valence electrons. The molecule has 1 aliphatic heterocycles. The number of aliphatic hydroxyl groups is 1. The smallest absolute Gasteiger partial charge is 0.131 e. The van der Waals surface area contributed by atoms with Gasteiger partial charge in [0.05, 0.1) is 7.11 Å². The van der Waals surface area contributed by atoms with Crippen LogP contribution in [0, 0.1) is 5.82 Å². The lowest BCUT2D eigenvalue weighted by Crippen LogP contribution is -2.52. The van der Waals surface area contributed by atoms with Crippen LogP contribution in [0.15, 0.2) is 42.7 Å². The van der Waals surface area contributed by atoms with Crippen molar-refractivity contribution in [2.45, 2.75) is 25.6 Å². The highest BCUT2D eigenvalue weighted by atomic mass is 19.1. The number of pyridine rings is 1. The van der Waals surface area contributed by atoms with Crippen molar-refractivity contribution in [1.29, 1.82) is 0 Å². The van der Waals surface area contributed by atoms with Crippen molar-refractivity contribution < 1.29 is 14.2 Å². The predicted molar refractivity (Wildman–Crippen MR) is 98.4 cm³/mol. The molecule has 1 aromatic carbocycles. The number of ether oxygens (including phenoxy) is 1. The van der Waals surface area contributed by atoms with E-state index >= 15 is 0 Å². The first-order valence-electron chi connectivity index (χ1n) is 8.98. The minimum absolute atomic E-state index is 0.132. The van der Waals surface area contributed by atoms with Crippen LogP contribution in [0.1, 0.15) is 17.5 Å². The number of aromatic nitrogens is 1. The molecule has 0 bridgehead atoms. The molecule has 1 atom stereocenters. The number of piperazine rings is 1. The molecule has 2 heterocycles. The minimum atomic E-state index is -0.245. The van der Waals surface area contributed by atoms with Crippen molar-refractivity contribution >= 4 is 0 Å². The van der Waals surface area contributed by atoms with Crippen LogP contribution in [0.25, 0.3) is 0 Å². The van der Waals surface area contributed by atoms with Crippen LogP contribution < -0.4 is 4.74 Å². The first kappa shape index (κ1) is 18.8. The van der Waals surface area contributed by atoms with Gasteiger partial charge in [0.25, 0.3) is 0 Å². The third kappa shape index (κ3) is 4.78. The Morgan fingerprint density at radius 3 is 2.85 bits per heavy atom. The Hall–Kier alpha value is -2.02. The van der Waals surface area contributed by atoms with Gasteiger partial charge in [-0.3, -0.25) is 14.8 Å². The highest BCUT2D eigenvalue weighted by Gasteiger charge is 2.27. The van der Waals surface area contributed by atoms with Gasteiger partial charge in [0.2, 0.25) is 0 Å². The van der Waals surface area contributed by atoms with Crippen LogP contribution in [-0.2, 0) is 13.1 Å². The van der Waals surface area contributed by atoms with Crippen LogP contribution in [0.4, 0.5) is 4.39 Å². The number of hydrogen-bond donors (Lipinski definition) is 1. The Bertz CT molecular complexity index is 699. The molecule has 1 aromatic heterocycles. The summed E-state index contributed by atoms with van der Waals surface area (Å²) in [5.74, 6) is 0.282. The Labute approximate surface area is 154 Å². The molecule has 1 fully saturated rings. The van der Waals surface area contributed by atoms with E-state index in [1.807, 2.05) is 12.3 Å². The lowest BCUT2D eigenvalue weighted by atomic mass is 10.1. The summed E-state index contributed by atoms with van der Waals surface area (Å²) in [4.78, 5) is 8.81. The third-order valence-electron chi connectivity index (χ3n) is 4.91. The molecule has 1 saturated heterocycles. The average Bonchev–Trinajstić information content (AvgIpc) is 2.66. The van der Waals surface area contributed by atoms with Gasteiger partial charge in [0.15, 0.2) is 0 Å². The molecule has 1 N–H and O–H groups in total. The number of aliphatic hydroxyl groups excluding tert-OH is 1. The fraction of sp³-hybridized carbons (Fsp3) is 0.450.